The normalized spacial score (nSPS) is 15.8. The highest BCUT2D eigenvalue weighted by Gasteiger charge is 2.33. The van der Waals surface area contributed by atoms with Crippen molar-refractivity contribution >= 4 is 46.2 Å². The van der Waals surface area contributed by atoms with Crippen molar-refractivity contribution in [1.29, 1.82) is 0 Å². The number of rotatable bonds is 5. The molecule has 4 rings (SSSR count). The van der Waals surface area contributed by atoms with Gasteiger partial charge in [-0.1, -0.05) is 71.2 Å². The zero-order valence-electron chi connectivity index (χ0n) is 16.4. The van der Waals surface area contributed by atoms with E-state index in [4.69, 9.17) is 49.4 Å². The lowest BCUT2D eigenvalue weighted by Crippen LogP contribution is -2.19. The fourth-order valence-electron chi connectivity index (χ4n) is 3.59. The molecule has 0 amide bonds. The van der Waals surface area contributed by atoms with Crippen LogP contribution in [0.4, 0.5) is 5.69 Å². The first kappa shape index (κ1) is 20.9. The molecule has 0 saturated heterocycles. The highest BCUT2D eigenvalue weighted by molar-refractivity contribution is 6.41. The van der Waals surface area contributed by atoms with Crippen LogP contribution in [0.25, 0.3) is 0 Å². The summed E-state index contributed by atoms with van der Waals surface area (Å²) < 4.78 is 10.9. The summed E-state index contributed by atoms with van der Waals surface area (Å²) in [4.78, 5) is 0. The summed E-state index contributed by atoms with van der Waals surface area (Å²) in [7, 11) is 3.23. The lowest BCUT2D eigenvalue weighted by atomic mass is 9.98. The molecule has 154 valence electrons. The fraction of sp³-hybridized carbons (Fsp3) is 0.174. The summed E-state index contributed by atoms with van der Waals surface area (Å²) in [6, 6.07) is 19.1. The van der Waals surface area contributed by atoms with Gasteiger partial charge in [-0.15, -0.1) is 0 Å². The number of hydrazone groups is 1. The standard InChI is InChI=1S/C23H19Cl3N2O2/c1-29-21-9-8-15(10-22(21)30-2)20-13-19(14-6-4-3-5-7-14)27-28(20)23-17(25)11-16(24)12-18(23)26/h3-12,20H,13H2,1-2H3. The predicted molar refractivity (Wildman–Crippen MR) is 124 cm³/mol. The Morgan fingerprint density at radius 2 is 1.53 bits per heavy atom. The molecule has 3 aromatic rings. The number of anilines is 1. The molecule has 0 bridgehead atoms. The van der Waals surface area contributed by atoms with Crippen LogP contribution in [-0.4, -0.2) is 19.9 Å². The Morgan fingerprint density at radius 1 is 0.867 bits per heavy atom. The van der Waals surface area contributed by atoms with Gasteiger partial charge in [0.25, 0.3) is 0 Å². The third-order valence-electron chi connectivity index (χ3n) is 5.02. The van der Waals surface area contributed by atoms with E-state index >= 15 is 0 Å². The van der Waals surface area contributed by atoms with Crippen molar-refractivity contribution in [2.45, 2.75) is 12.5 Å². The number of halogens is 3. The second-order valence-electron chi connectivity index (χ2n) is 6.81. The number of benzene rings is 3. The van der Waals surface area contributed by atoms with Gasteiger partial charge in [-0.25, -0.2) is 0 Å². The van der Waals surface area contributed by atoms with Gasteiger partial charge in [0, 0.05) is 11.4 Å². The van der Waals surface area contributed by atoms with Crippen molar-refractivity contribution < 1.29 is 9.47 Å². The van der Waals surface area contributed by atoms with E-state index in [0.29, 0.717) is 38.7 Å². The summed E-state index contributed by atoms with van der Waals surface area (Å²) in [6.45, 7) is 0. The van der Waals surface area contributed by atoms with E-state index < -0.39 is 0 Å². The zero-order valence-corrected chi connectivity index (χ0v) is 18.7. The smallest absolute Gasteiger partial charge is 0.161 e. The van der Waals surface area contributed by atoms with Gasteiger partial charge in [0.2, 0.25) is 0 Å². The van der Waals surface area contributed by atoms with E-state index in [1.807, 2.05) is 53.5 Å². The Hall–Kier alpha value is -2.40. The number of nitrogens with zero attached hydrogens (tertiary/aromatic N) is 2. The van der Waals surface area contributed by atoms with Crippen molar-refractivity contribution in [2.24, 2.45) is 5.10 Å². The van der Waals surface area contributed by atoms with Crippen molar-refractivity contribution in [3.05, 3.63) is 86.9 Å². The molecule has 7 heteroatoms. The molecule has 30 heavy (non-hydrogen) atoms. The molecule has 0 spiro atoms. The van der Waals surface area contributed by atoms with Crippen LogP contribution in [0.15, 0.2) is 65.8 Å². The van der Waals surface area contributed by atoms with Gasteiger partial charge in [0.15, 0.2) is 11.5 Å². The average Bonchev–Trinajstić information content (AvgIpc) is 3.18. The van der Waals surface area contributed by atoms with E-state index in [1.165, 1.54) is 0 Å². The topological polar surface area (TPSA) is 34.1 Å². The maximum Gasteiger partial charge on any atom is 0.161 e. The van der Waals surface area contributed by atoms with E-state index in [0.717, 1.165) is 16.8 Å². The van der Waals surface area contributed by atoms with Crippen LogP contribution in [0.1, 0.15) is 23.6 Å². The highest BCUT2D eigenvalue weighted by atomic mass is 35.5. The van der Waals surface area contributed by atoms with Gasteiger partial charge in [-0.3, -0.25) is 5.01 Å². The second kappa shape index (κ2) is 8.76. The summed E-state index contributed by atoms with van der Waals surface area (Å²) in [5, 5.41) is 8.12. The lowest BCUT2D eigenvalue weighted by molar-refractivity contribution is 0.354. The molecule has 1 unspecified atom stereocenters. The second-order valence-corrected chi connectivity index (χ2v) is 8.06. The zero-order chi connectivity index (χ0) is 21.3. The first-order chi connectivity index (χ1) is 14.5. The molecule has 1 heterocycles. The SMILES string of the molecule is COc1ccc(C2CC(c3ccccc3)=NN2c2c(Cl)cc(Cl)cc2Cl)cc1OC. The quantitative estimate of drug-likeness (QED) is 0.409. The van der Waals surface area contributed by atoms with Gasteiger partial charge in [-0.2, -0.15) is 5.10 Å². The number of hydrogen-bond acceptors (Lipinski definition) is 4. The summed E-state index contributed by atoms with van der Waals surface area (Å²) in [6.07, 6.45) is 0.675. The average molecular weight is 462 g/mol. The number of ether oxygens (including phenoxy) is 2. The van der Waals surface area contributed by atoms with Crippen LogP contribution < -0.4 is 14.5 Å². The Labute approximate surface area is 190 Å². The van der Waals surface area contributed by atoms with Gasteiger partial charge in [0.05, 0.1) is 41.7 Å². The minimum atomic E-state index is -0.129. The lowest BCUT2D eigenvalue weighted by Gasteiger charge is -2.26. The van der Waals surface area contributed by atoms with Crippen molar-refractivity contribution in [2.75, 3.05) is 19.2 Å². The molecule has 0 aromatic heterocycles. The fourth-order valence-corrected chi connectivity index (χ4v) is 4.58. The molecule has 0 N–H and O–H groups in total. The number of methoxy groups -OCH3 is 2. The van der Waals surface area contributed by atoms with Crippen LogP contribution in [-0.2, 0) is 0 Å². The molecule has 0 aliphatic carbocycles. The monoisotopic (exact) mass is 460 g/mol. The van der Waals surface area contributed by atoms with E-state index in [9.17, 15) is 0 Å². The maximum atomic E-state index is 6.54. The molecule has 0 saturated carbocycles. The third-order valence-corrected chi connectivity index (χ3v) is 5.81. The van der Waals surface area contributed by atoms with E-state index in [-0.39, 0.29) is 6.04 Å². The molecular weight excluding hydrogens is 443 g/mol. The Kier molecular flexibility index (Phi) is 6.09. The van der Waals surface area contributed by atoms with Crippen LogP contribution in [0, 0.1) is 0 Å². The Morgan fingerprint density at radius 3 is 2.17 bits per heavy atom. The van der Waals surface area contributed by atoms with Crippen molar-refractivity contribution in [1.82, 2.24) is 0 Å². The van der Waals surface area contributed by atoms with E-state index in [2.05, 4.69) is 0 Å². The molecule has 1 aliphatic heterocycles. The third kappa shape index (κ3) is 3.95. The minimum Gasteiger partial charge on any atom is -0.493 e. The largest absolute Gasteiger partial charge is 0.493 e. The molecule has 1 atom stereocenters. The molecule has 0 fully saturated rings. The molecule has 4 nitrogen and oxygen atoms in total. The summed E-state index contributed by atoms with van der Waals surface area (Å²) >= 11 is 19.2. The molecule has 1 aliphatic rings. The van der Waals surface area contributed by atoms with Crippen LogP contribution >= 0.6 is 34.8 Å². The molecule has 3 aromatic carbocycles. The predicted octanol–water partition coefficient (Wildman–Crippen LogP) is 7.02. The van der Waals surface area contributed by atoms with Crippen LogP contribution in [0.2, 0.25) is 15.1 Å². The van der Waals surface area contributed by atoms with Crippen molar-refractivity contribution in [3.8, 4) is 11.5 Å². The van der Waals surface area contributed by atoms with Gasteiger partial charge in [0.1, 0.15) is 0 Å². The Bertz CT molecular complexity index is 1080. The summed E-state index contributed by atoms with van der Waals surface area (Å²) in [5.74, 6) is 1.31. The summed E-state index contributed by atoms with van der Waals surface area (Å²) in [5.41, 5.74) is 3.61. The first-order valence-corrected chi connectivity index (χ1v) is 10.4. The van der Waals surface area contributed by atoms with Gasteiger partial charge < -0.3 is 9.47 Å². The highest BCUT2D eigenvalue weighted by Crippen LogP contribution is 2.45. The maximum absolute atomic E-state index is 6.54. The van der Waals surface area contributed by atoms with Gasteiger partial charge in [-0.05, 0) is 35.4 Å². The molecular formula is C23H19Cl3N2O2. The minimum absolute atomic E-state index is 0.129. The van der Waals surface area contributed by atoms with Crippen LogP contribution in [0.5, 0.6) is 11.5 Å². The Balaban J connectivity index is 1.83. The van der Waals surface area contributed by atoms with Crippen LogP contribution in [0.3, 0.4) is 0 Å². The van der Waals surface area contributed by atoms with Crippen molar-refractivity contribution in [3.63, 3.8) is 0 Å². The van der Waals surface area contributed by atoms with E-state index in [1.54, 1.807) is 26.4 Å². The van der Waals surface area contributed by atoms with Gasteiger partial charge >= 0.3 is 0 Å². The first-order valence-electron chi connectivity index (χ1n) is 9.30. The number of hydrogen-bond donors (Lipinski definition) is 0. The molecule has 0 radical (unpaired) electrons.